The van der Waals surface area contributed by atoms with Crippen molar-refractivity contribution < 1.29 is 14.6 Å². The molecule has 0 saturated carbocycles. The number of ether oxygens (including phenoxy) is 1. The van der Waals surface area contributed by atoms with Gasteiger partial charge in [0, 0.05) is 5.56 Å². The predicted octanol–water partition coefficient (Wildman–Crippen LogP) is 3.58. The number of hydrogen-bond acceptors (Lipinski definition) is 2. The number of carboxylic acid groups (broad SMARTS) is 1. The molecule has 0 spiro atoms. The monoisotopic (exact) mass is 240 g/mol. The van der Waals surface area contributed by atoms with Gasteiger partial charge in [-0.3, -0.25) is 0 Å². The van der Waals surface area contributed by atoms with Gasteiger partial charge in [0.05, 0.1) is 5.57 Å². The zero-order valence-electron chi connectivity index (χ0n) is 9.67. The smallest absolute Gasteiger partial charge is 0.335 e. The Bertz CT molecular complexity index is 573. The summed E-state index contributed by atoms with van der Waals surface area (Å²) in [6.45, 7) is 3.55. The van der Waals surface area contributed by atoms with Crippen LogP contribution in [0.4, 0.5) is 0 Å². The standard InChI is InChI=1S/C15H12O3/c1-11(15(16)17)13-9-5-6-10-14(13)18-12-7-3-2-4-8-12/h2-10H,1H2,(H,16,17). The van der Waals surface area contributed by atoms with Crippen LogP contribution in [0.3, 0.4) is 0 Å². The molecule has 3 nitrogen and oxygen atoms in total. The highest BCUT2D eigenvalue weighted by atomic mass is 16.5. The van der Waals surface area contributed by atoms with Gasteiger partial charge in [-0.05, 0) is 18.2 Å². The molecule has 0 radical (unpaired) electrons. The zero-order chi connectivity index (χ0) is 13.0. The molecule has 2 aromatic carbocycles. The van der Waals surface area contributed by atoms with Crippen LogP contribution in [0.15, 0.2) is 61.2 Å². The van der Waals surface area contributed by atoms with E-state index in [0.29, 0.717) is 17.1 Å². The first-order chi connectivity index (χ1) is 8.68. The van der Waals surface area contributed by atoms with Gasteiger partial charge in [0.2, 0.25) is 0 Å². The second-order valence-corrected chi connectivity index (χ2v) is 3.69. The number of para-hydroxylation sites is 2. The number of benzene rings is 2. The molecule has 0 aliphatic heterocycles. The maximum Gasteiger partial charge on any atom is 0.335 e. The fraction of sp³-hybridized carbons (Fsp3) is 0. The maximum absolute atomic E-state index is 10.9. The van der Waals surface area contributed by atoms with Gasteiger partial charge in [-0.1, -0.05) is 43.0 Å². The van der Waals surface area contributed by atoms with Crippen LogP contribution < -0.4 is 4.74 Å². The number of aliphatic carboxylic acids is 1. The van der Waals surface area contributed by atoms with Crippen molar-refractivity contribution in [3.05, 3.63) is 66.7 Å². The van der Waals surface area contributed by atoms with E-state index < -0.39 is 5.97 Å². The Morgan fingerprint density at radius 1 is 1.00 bits per heavy atom. The van der Waals surface area contributed by atoms with Crippen molar-refractivity contribution in [1.82, 2.24) is 0 Å². The van der Waals surface area contributed by atoms with Crippen LogP contribution in [0.5, 0.6) is 11.5 Å². The summed E-state index contributed by atoms with van der Waals surface area (Å²) in [6.07, 6.45) is 0. The van der Waals surface area contributed by atoms with Crippen molar-refractivity contribution in [2.45, 2.75) is 0 Å². The molecule has 0 amide bonds. The number of carboxylic acids is 1. The molecule has 0 aliphatic carbocycles. The van der Waals surface area contributed by atoms with Gasteiger partial charge in [0.1, 0.15) is 11.5 Å². The van der Waals surface area contributed by atoms with E-state index in [9.17, 15) is 4.79 Å². The zero-order valence-corrected chi connectivity index (χ0v) is 9.67. The Morgan fingerprint density at radius 3 is 2.28 bits per heavy atom. The molecule has 0 saturated heterocycles. The van der Waals surface area contributed by atoms with E-state index in [2.05, 4.69) is 6.58 Å². The summed E-state index contributed by atoms with van der Waals surface area (Å²) in [4.78, 5) is 10.9. The van der Waals surface area contributed by atoms with Crippen molar-refractivity contribution in [1.29, 1.82) is 0 Å². The lowest BCUT2D eigenvalue weighted by atomic mass is 10.1. The molecule has 3 heteroatoms. The van der Waals surface area contributed by atoms with Crippen LogP contribution in [0, 0.1) is 0 Å². The van der Waals surface area contributed by atoms with Crippen LogP contribution in [0.1, 0.15) is 5.56 Å². The van der Waals surface area contributed by atoms with E-state index in [0.717, 1.165) is 0 Å². The summed E-state index contributed by atoms with van der Waals surface area (Å²) >= 11 is 0. The van der Waals surface area contributed by atoms with Crippen molar-refractivity contribution in [3.8, 4) is 11.5 Å². The van der Waals surface area contributed by atoms with E-state index in [4.69, 9.17) is 9.84 Å². The van der Waals surface area contributed by atoms with Crippen LogP contribution in [0.2, 0.25) is 0 Å². The molecule has 0 heterocycles. The molecule has 0 fully saturated rings. The Hall–Kier alpha value is -2.55. The third-order valence-corrected chi connectivity index (χ3v) is 2.44. The van der Waals surface area contributed by atoms with Gasteiger partial charge in [0.15, 0.2) is 0 Å². The lowest BCUT2D eigenvalue weighted by molar-refractivity contribution is -0.130. The summed E-state index contributed by atoms with van der Waals surface area (Å²) in [5, 5.41) is 8.97. The number of rotatable bonds is 4. The highest BCUT2D eigenvalue weighted by Crippen LogP contribution is 2.29. The molecule has 0 atom stereocenters. The molecule has 1 N–H and O–H groups in total. The van der Waals surface area contributed by atoms with Crippen molar-refractivity contribution in [3.63, 3.8) is 0 Å². The minimum atomic E-state index is -1.06. The Balaban J connectivity index is 2.34. The lowest BCUT2D eigenvalue weighted by Gasteiger charge is -2.10. The molecular formula is C15H12O3. The fourth-order valence-corrected chi connectivity index (χ4v) is 1.54. The lowest BCUT2D eigenvalue weighted by Crippen LogP contribution is -2.00. The van der Waals surface area contributed by atoms with Gasteiger partial charge in [-0.25, -0.2) is 4.79 Å². The number of carbonyl (C=O) groups is 1. The topological polar surface area (TPSA) is 46.5 Å². The third kappa shape index (κ3) is 2.58. The van der Waals surface area contributed by atoms with Gasteiger partial charge in [0.25, 0.3) is 0 Å². The summed E-state index contributed by atoms with van der Waals surface area (Å²) in [5.41, 5.74) is 0.496. The predicted molar refractivity (Wildman–Crippen MR) is 69.6 cm³/mol. The molecule has 18 heavy (non-hydrogen) atoms. The summed E-state index contributed by atoms with van der Waals surface area (Å²) in [5.74, 6) is 0.0818. The molecule has 90 valence electrons. The highest BCUT2D eigenvalue weighted by Gasteiger charge is 2.12. The van der Waals surface area contributed by atoms with Crippen LogP contribution in [-0.2, 0) is 4.79 Å². The third-order valence-electron chi connectivity index (χ3n) is 2.44. The quantitative estimate of drug-likeness (QED) is 0.831. The maximum atomic E-state index is 10.9. The van der Waals surface area contributed by atoms with Crippen molar-refractivity contribution in [2.75, 3.05) is 0 Å². The van der Waals surface area contributed by atoms with Crippen LogP contribution >= 0.6 is 0 Å². The molecule has 2 aromatic rings. The average Bonchev–Trinajstić information content (AvgIpc) is 2.39. The van der Waals surface area contributed by atoms with E-state index in [1.165, 1.54) is 0 Å². The van der Waals surface area contributed by atoms with Crippen molar-refractivity contribution >= 4 is 11.5 Å². The second-order valence-electron chi connectivity index (χ2n) is 3.69. The minimum absolute atomic E-state index is 0.0153. The fourth-order valence-electron chi connectivity index (χ4n) is 1.54. The molecule has 0 bridgehead atoms. The first-order valence-corrected chi connectivity index (χ1v) is 5.43. The van der Waals surface area contributed by atoms with Crippen LogP contribution in [-0.4, -0.2) is 11.1 Å². The Morgan fingerprint density at radius 2 is 1.61 bits per heavy atom. The second kappa shape index (κ2) is 5.19. The largest absolute Gasteiger partial charge is 0.478 e. The molecular weight excluding hydrogens is 228 g/mol. The SMILES string of the molecule is C=C(C(=O)O)c1ccccc1Oc1ccccc1. The van der Waals surface area contributed by atoms with Crippen LogP contribution in [0.25, 0.3) is 5.57 Å². The Labute approximate surface area is 105 Å². The molecule has 2 rings (SSSR count). The molecule has 0 aliphatic rings. The van der Waals surface area contributed by atoms with E-state index >= 15 is 0 Å². The van der Waals surface area contributed by atoms with Crippen molar-refractivity contribution in [2.24, 2.45) is 0 Å². The van der Waals surface area contributed by atoms with E-state index in [1.54, 1.807) is 36.4 Å². The first kappa shape index (κ1) is 11.9. The first-order valence-electron chi connectivity index (χ1n) is 5.43. The summed E-state index contributed by atoms with van der Waals surface area (Å²) in [6, 6.07) is 16.1. The van der Waals surface area contributed by atoms with Gasteiger partial charge < -0.3 is 9.84 Å². The molecule has 0 unspecified atom stereocenters. The number of hydrogen-bond donors (Lipinski definition) is 1. The highest BCUT2D eigenvalue weighted by molar-refractivity contribution is 6.15. The normalized spacial score (nSPS) is 9.78. The van der Waals surface area contributed by atoms with Gasteiger partial charge >= 0.3 is 5.97 Å². The minimum Gasteiger partial charge on any atom is -0.478 e. The molecule has 0 aromatic heterocycles. The summed E-state index contributed by atoms with van der Waals surface area (Å²) in [7, 11) is 0. The van der Waals surface area contributed by atoms with Gasteiger partial charge in [-0.2, -0.15) is 0 Å². The summed E-state index contributed by atoms with van der Waals surface area (Å²) < 4.78 is 5.66. The van der Waals surface area contributed by atoms with E-state index in [-0.39, 0.29) is 5.57 Å². The van der Waals surface area contributed by atoms with E-state index in [1.807, 2.05) is 18.2 Å². The Kier molecular flexibility index (Phi) is 3.44. The van der Waals surface area contributed by atoms with Gasteiger partial charge in [-0.15, -0.1) is 0 Å². The average molecular weight is 240 g/mol.